The summed E-state index contributed by atoms with van der Waals surface area (Å²) in [6.07, 6.45) is 15.7. The lowest BCUT2D eigenvalue weighted by atomic mass is 10.1. The quantitative estimate of drug-likeness (QED) is 0.0492. The van der Waals surface area contributed by atoms with Crippen molar-refractivity contribution >= 4 is 23.6 Å². The van der Waals surface area contributed by atoms with Crippen LogP contribution in [0.4, 0.5) is 0 Å². The van der Waals surface area contributed by atoms with Gasteiger partial charge in [0, 0.05) is 35.8 Å². The third kappa shape index (κ3) is 15.9. The van der Waals surface area contributed by atoms with Crippen LogP contribution in [-0.2, 0) is 0 Å². The van der Waals surface area contributed by atoms with Gasteiger partial charge in [-0.05, 0) is 108 Å². The van der Waals surface area contributed by atoms with Crippen molar-refractivity contribution in [2.75, 3.05) is 45.2 Å². The van der Waals surface area contributed by atoms with Crippen LogP contribution in [-0.4, -0.2) is 66.1 Å². The fraction of sp³-hybridized carbons (Fsp3) is 0.432. The molecule has 0 spiro atoms. The van der Waals surface area contributed by atoms with Crippen LogP contribution in [0.3, 0.4) is 0 Å². The number of rotatable bonds is 21. The van der Waals surface area contributed by atoms with E-state index in [0.29, 0.717) is 31.0 Å². The van der Waals surface area contributed by atoms with Crippen LogP contribution in [0.2, 0.25) is 0 Å². The van der Waals surface area contributed by atoms with Crippen LogP contribution >= 0.6 is 11.8 Å². The molecule has 0 radical (unpaired) electrons. The first kappa shape index (κ1) is 36.3. The van der Waals surface area contributed by atoms with E-state index < -0.39 is 0 Å². The van der Waals surface area contributed by atoms with Gasteiger partial charge in [-0.25, -0.2) is 0 Å². The summed E-state index contributed by atoms with van der Waals surface area (Å²) < 4.78 is 5.81. The van der Waals surface area contributed by atoms with Crippen molar-refractivity contribution in [1.29, 1.82) is 0 Å². The Morgan fingerprint density at radius 1 is 0.837 bits per heavy atom. The van der Waals surface area contributed by atoms with Gasteiger partial charge in [0.2, 0.25) is 0 Å². The molecule has 2 aromatic rings. The molecular weight excluding hydrogens is 554 g/mol. The molecule has 2 N–H and O–H groups in total. The normalized spacial score (nSPS) is 12.3. The van der Waals surface area contributed by atoms with E-state index >= 15 is 0 Å². The third-order valence-electron chi connectivity index (χ3n) is 6.99. The number of hydrogen-bond acceptors (Lipinski definition) is 6. The van der Waals surface area contributed by atoms with Gasteiger partial charge in [0.05, 0.1) is 19.8 Å². The van der Waals surface area contributed by atoms with Crippen LogP contribution < -0.4 is 4.74 Å². The van der Waals surface area contributed by atoms with E-state index in [2.05, 4.69) is 52.0 Å². The number of aliphatic hydroxyl groups is 2. The maximum Gasteiger partial charge on any atom is 0.185 e. The highest BCUT2D eigenvalue weighted by Gasteiger charge is 2.06. The average molecular weight is 606 g/mol. The highest BCUT2D eigenvalue weighted by atomic mass is 32.2. The van der Waals surface area contributed by atoms with Gasteiger partial charge in [-0.3, -0.25) is 9.69 Å². The molecule has 0 saturated carbocycles. The molecule has 0 bridgehead atoms. The second-order valence-corrected chi connectivity index (χ2v) is 12.1. The molecule has 2 aromatic carbocycles. The SMILES string of the molecule is CC(C)=CCCC(C)=CCCC(C)=CCSc1ccccc1/C=C/C(=O)c1ccc(OCCCN(CCO)CCO)cc1. The Balaban J connectivity index is 1.82. The lowest BCUT2D eigenvalue weighted by Gasteiger charge is -2.19. The summed E-state index contributed by atoms with van der Waals surface area (Å²) in [5.41, 5.74) is 5.91. The Kier molecular flexibility index (Phi) is 18.3. The topological polar surface area (TPSA) is 70.0 Å². The van der Waals surface area contributed by atoms with E-state index in [4.69, 9.17) is 14.9 Å². The van der Waals surface area contributed by atoms with Gasteiger partial charge >= 0.3 is 0 Å². The zero-order valence-electron chi connectivity index (χ0n) is 26.6. The monoisotopic (exact) mass is 605 g/mol. The van der Waals surface area contributed by atoms with Gasteiger partial charge < -0.3 is 14.9 Å². The molecule has 0 aliphatic heterocycles. The Hall–Kier alpha value is -2.90. The number of allylic oxidation sites excluding steroid dienone is 6. The van der Waals surface area contributed by atoms with Crippen molar-refractivity contribution < 1.29 is 19.7 Å². The number of aliphatic hydroxyl groups excluding tert-OH is 2. The molecule has 0 aliphatic carbocycles. The summed E-state index contributed by atoms with van der Waals surface area (Å²) in [6.45, 7) is 11.2. The van der Waals surface area contributed by atoms with E-state index in [0.717, 1.165) is 54.9 Å². The van der Waals surface area contributed by atoms with Gasteiger partial charge in [0.15, 0.2) is 5.78 Å². The smallest absolute Gasteiger partial charge is 0.185 e. The first-order valence-corrected chi connectivity index (χ1v) is 16.4. The first-order chi connectivity index (χ1) is 20.8. The van der Waals surface area contributed by atoms with E-state index in [1.165, 1.54) is 16.7 Å². The lowest BCUT2D eigenvalue weighted by molar-refractivity contribution is 0.104. The van der Waals surface area contributed by atoms with E-state index in [-0.39, 0.29) is 19.0 Å². The zero-order valence-corrected chi connectivity index (χ0v) is 27.4. The fourth-order valence-corrected chi connectivity index (χ4v) is 5.46. The highest BCUT2D eigenvalue weighted by molar-refractivity contribution is 7.99. The lowest BCUT2D eigenvalue weighted by Crippen LogP contribution is -2.31. The Morgan fingerprint density at radius 2 is 1.49 bits per heavy atom. The summed E-state index contributed by atoms with van der Waals surface area (Å²) in [6, 6.07) is 15.4. The number of thioether (sulfide) groups is 1. The summed E-state index contributed by atoms with van der Waals surface area (Å²) >= 11 is 1.79. The molecule has 0 aliphatic rings. The van der Waals surface area contributed by atoms with Crippen molar-refractivity contribution in [1.82, 2.24) is 4.90 Å². The Bertz CT molecular complexity index is 1200. The predicted molar refractivity (Wildman–Crippen MR) is 183 cm³/mol. The number of ketones is 1. The van der Waals surface area contributed by atoms with E-state index in [1.54, 1.807) is 30.0 Å². The van der Waals surface area contributed by atoms with Gasteiger partial charge in [0.25, 0.3) is 0 Å². The molecule has 0 heterocycles. The predicted octanol–water partition coefficient (Wildman–Crippen LogP) is 8.15. The summed E-state index contributed by atoms with van der Waals surface area (Å²) in [4.78, 5) is 16.0. The van der Waals surface area contributed by atoms with E-state index in [9.17, 15) is 4.79 Å². The molecule has 0 saturated heterocycles. The molecule has 234 valence electrons. The average Bonchev–Trinajstić information content (AvgIpc) is 2.99. The number of hydrogen-bond donors (Lipinski definition) is 2. The summed E-state index contributed by atoms with van der Waals surface area (Å²) in [5, 5.41) is 18.2. The van der Waals surface area contributed by atoms with Crippen molar-refractivity contribution in [3.8, 4) is 5.75 Å². The molecule has 0 unspecified atom stereocenters. The number of carbonyl (C=O) groups is 1. The molecule has 0 aromatic heterocycles. The first-order valence-electron chi connectivity index (χ1n) is 15.4. The fourth-order valence-electron chi connectivity index (χ4n) is 4.44. The number of nitrogens with zero attached hydrogens (tertiary/aromatic N) is 1. The molecule has 0 atom stereocenters. The molecule has 0 amide bonds. The van der Waals surface area contributed by atoms with Gasteiger partial charge in [-0.2, -0.15) is 0 Å². The Morgan fingerprint density at radius 3 is 2.16 bits per heavy atom. The minimum atomic E-state index is -0.0464. The molecule has 43 heavy (non-hydrogen) atoms. The van der Waals surface area contributed by atoms with Crippen LogP contribution in [0, 0.1) is 0 Å². The molecule has 0 fully saturated rings. The number of ether oxygens (including phenoxy) is 1. The number of benzene rings is 2. The van der Waals surface area contributed by atoms with Crippen LogP contribution in [0.15, 0.2) is 94.4 Å². The van der Waals surface area contributed by atoms with Crippen molar-refractivity contribution in [3.05, 3.63) is 101 Å². The molecule has 5 nitrogen and oxygen atoms in total. The highest BCUT2D eigenvalue weighted by Crippen LogP contribution is 2.25. The van der Waals surface area contributed by atoms with Gasteiger partial charge in [-0.15, -0.1) is 11.8 Å². The standard InChI is InChI=1S/C37H51NO4S/c1-30(2)10-7-11-31(3)12-8-13-32(4)22-29-43-37-15-6-5-14-34(37)18-21-36(41)33-16-19-35(20-17-33)42-28-9-23-38(24-26-39)25-27-40/h5-6,10,12,14-22,39-40H,7-9,11,13,23-29H2,1-4H3/b21-18+,31-12?,32-22?. The maximum atomic E-state index is 12.8. The molecule has 6 heteroatoms. The second kappa shape index (κ2) is 21.7. The summed E-state index contributed by atoms with van der Waals surface area (Å²) in [5.74, 6) is 1.57. The maximum absolute atomic E-state index is 12.8. The van der Waals surface area contributed by atoms with Gasteiger partial charge in [0.1, 0.15) is 5.75 Å². The zero-order chi connectivity index (χ0) is 31.3. The minimum Gasteiger partial charge on any atom is -0.494 e. The van der Waals surface area contributed by atoms with Crippen molar-refractivity contribution in [3.63, 3.8) is 0 Å². The molecular formula is C37H51NO4S. The van der Waals surface area contributed by atoms with Crippen molar-refractivity contribution in [2.24, 2.45) is 0 Å². The van der Waals surface area contributed by atoms with Crippen LogP contribution in [0.5, 0.6) is 5.75 Å². The van der Waals surface area contributed by atoms with E-state index in [1.807, 2.05) is 41.3 Å². The second-order valence-electron chi connectivity index (χ2n) is 11.0. The van der Waals surface area contributed by atoms with Gasteiger partial charge in [-0.1, -0.05) is 53.1 Å². The Labute approximate surface area is 264 Å². The molecule has 2 rings (SSSR count). The summed E-state index contributed by atoms with van der Waals surface area (Å²) in [7, 11) is 0. The largest absolute Gasteiger partial charge is 0.494 e. The third-order valence-corrected chi connectivity index (χ3v) is 8.00. The van der Waals surface area contributed by atoms with Crippen LogP contribution in [0.1, 0.15) is 75.7 Å². The minimum absolute atomic E-state index is 0.0464. The van der Waals surface area contributed by atoms with Crippen molar-refractivity contribution in [2.45, 2.75) is 64.7 Å². The van der Waals surface area contributed by atoms with Crippen LogP contribution in [0.25, 0.3) is 6.08 Å². The number of carbonyl (C=O) groups excluding carboxylic acids is 1.